The number of ketones is 1. The molecule has 7 heteroatoms. The SMILES string of the molecule is COCCN1C(=O)C(O)=C(C(=O)c2ccco2)C1c1cccc(Br)c1. The van der Waals surface area contributed by atoms with Crippen LogP contribution in [0.25, 0.3) is 0 Å². The van der Waals surface area contributed by atoms with Crippen LogP contribution in [0.4, 0.5) is 0 Å². The lowest BCUT2D eigenvalue weighted by atomic mass is 9.95. The molecule has 130 valence electrons. The molecule has 1 aromatic heterocycles. The second-order valence-electron chi connectivity index (χ2n) is 5.52. The Morgan fingerprint density at radius 2 is 2.16 bits per heavy atom. The first-order chi connectivity index (χ1) is 12.0. The minimum atomic E-state index is -0.710. The van der Waals surface area contributed by atoms with Gasteiger partial charge in [-0.1, -0.05) is 28.1 Å². The fraction of sp³-hybridized carbons (Fsp3) is 0.222. The van der Waals surface area contributed by atoms with Crippen molar-refractivity contribution in [3.05, 3.63) is 69.8 Å². The van der Waals surface area contributed by atoms with Gasteiger partial charge in [-0.3, -0.25) is 9.59 Å². The van der Waals surface area contributed by atoms with Crippen molar-refractivity contribution < 1.29 is 23.8 Å². The zero-order chi connectivity index (χ0) is 18.0. The number of furan rings is 1. The van der Waals surface area contributed by atoms with Gasteiger partial charge in [0.2, 0.25) is 5.78 Å². The molecule has 2 aromatic rings. The van der Waals surface area contributed by atoms with E-state index in [0.717, 1.165) is 4.47 Å². The highest BCUT2D eigenvalue weighted by atomic mass is 79.9. The van der Waals surface area contributed by atoms with Crippen molar-refractivity contribution in [3.63, 3.8) is 0 Å². The van der Waals surface area contributed by atoms with E-state index in [4.69, 9.17) is 9.15 Å². The Kier molecular flexibility index (Phi) is 5.06. The molecule has 1 amide bonds. The van der Waals surface area contributed by atoms with E-state index in [1.165, 1.54) is 24.3 Å². The van der Waals surface area contributed by atoms with Gasteiger partial charge in [0, 0.05) is 18.1 Å². The summed E-state index contributed by atoms with van der Waals surface area (Å²) in [6, 6.07) is 9.64. The summed E-state index contributed by atoms with van der Waals surface area (Å²) >= 11 is 3.40. The second-order valence-corrected chi connectivity index (χ2v) is 6.43. The molecule has 0 radical (unpaired) electrons. The second kappa shape index (κ2) is 7.25. The summed E-state index contributed by atoms with van der Waals surface area (Å²) in [4.78, 5) is 26.8. The van der Waals surface area contributed by atoms with Crippen molar-refractivity contribution in [3.8, 4) is 0 Å². The van der Waals surface area contributed by atoms with Gasteiger partial charge in [0.15, 0.2) is 11.5 Å². The van der Waals surface area contributed by atoms with Gasteiger partial charge in [-0.2, -0.15) is 0 Å². The maximum atomic E-state index is 12.8. The van der Waals surface area contributed by atoms with Gasteiger partial charge in [0.05, 0.1) is 24.5 Å². The summed E-state index contributed by atoms with van der Waals surface area (Å²) in [6.45, 7) is 0.525. The van der Waals surface area contributed by atoms with E-state index in [9.17, 15) is 14.7 Å². The van der Waals surface area contributed by atoms with Crippen LogP contribution in [-0.2, 0) is 9.53 Å². The summed E-state index contributed by atoms with van der Waals surface area (Å²) in [5.41, 5.74) is 0.715. The van der Waals surface area contributed by atoms with Gasteiger partial charge in [-0.15, -0.1) is 0 Å². The lowest BCUT2D eigenvalue weighted by molar-refractivity contribution is -0.130. The largest absolute Gasteiger partial charge is 0.503 e. The summed E-state index contributed by atoms with van der Waals surface area (Å²) in [5, 5.41) is 10.4. The van der Waals surface area contributed by atoms with E-state index in [-0.39, 0.29) is 24.5 Å². The predicted octanol–water partition coefficient (Wildman–Crippen LogP) is 3.27. The quantitative estimate of drug-likeness (QED) is 0.745. The van der Waals surface area contributed by atoms with Crippen LogP contribution in [0, 0.1) is 0 Å². The molecule has 1 N–H and O–H groups in total. The highest BCUT2D eigenvalue weighted by Gasteiger charge is 2.44. The smallest absolute Gasteiger partial charge is 0.290 e. The standard InChI is InChI=1S/C18H16BrNO5/c1-24-9-7-20-15(11-4-2-5-12(19)10-11)14(17(22)18(20)23)16(21)13-6-3-8-25-13/h2-6,8,10,15,22H,7,9H2,1H3. The molecule has 1 aliphatic heterocycles. The number of halogens is 1. The van der Waals surface area contributed by atoms with E-state index in [1.807, 2.05) is 18.2 Å². The Bertz CT molecular complexity index is 828. The Hall–Kier alpha value is -2.38. The van der Waals surface area contributed by atoms with Crippen LogP contribution in [0.3, 0.4) is 0 Å². The molecular weight excluding hydrogens is 390 g/mol. The molecule has 6 nitrogen and oxygen atoms in total. The average molecular weight is 406 g/mol. The van der Waals surface area contributed by atoms with Crippen molar-refractivity contribution in [2.24, 2.45) is 0 Å². The molecular formula is C18H16BrNO5. The molecule has 0 aliphatic carbocycles. The Morgan fingerprint density at radius 1 is 1.36 bits per heavy atom. The molecule has 0 spiro atoms. The normalized spacial score (nSPS) is 17.4. The summed E-state index contributed by atoms with van der Waals surface area (Å²) < 4.78 is 11.0. The van der Waals surface area contributed by atoms with Crippen molar-refractivity contribution in [1.82, 2.24) is 4.90 Å². The molecule has 1 atom stereocenters. The van der Waals surface area contributed by atoms with Crippen LogP contribution in [0.15, 0.2) is 62.9 Å². The highest BCUT2D eigenvalue weighted by molar-refractivity contribution is 9.10. The number of hydrogen-bond acceptors (Lipinski definition) is 5. The third-order valence-corrected chi connectivity index (χ3v) is 4.49. The van der Waals surface area contributed by atoms with E-state index in [2.05, 4.69) is 15.9 Å². The summed E-state index contributed by atoms with van der Waals surface area (Å²) in [6.07, 6.45) is 1.37. The number of carbonyl (C=O) groups excluding carboxylic acids is 2. The number of methoxy groups -OCH3 is 1. The van der Waals surface area contributed by atoms with Gasteiger partial charge >= 0.3 is 0 Å². The summed E-state index contributed by atoms with van der Waals surface area (Å²) in [5.74, 6) is -1.59. The molecule has 1 aliphatic rings. The molecule has 3 rings (SSSR count). The predicted molar refractivity (Wildman–Crippen MR) is 93.2 cm³/mol. The van der Waals surface area contributed by atoms with Gasteiger partial charge in [-0.05, 0) is 29.8 Å². The van der Waals surface area contributed by atoms with E-state index in [0.29, 0.717) is 5.56 Å². The molecule has 25 heavy (non-hydrogen) atoms. The van der Waals surface area contributed by atoms with Gasteiger partial charge in [-0.25, -0.2) is 0 Å². The minimum absolute atomic E-state index is 0.00848. The number of benzene rings is 1. The first kappa shape index (κ1) is 17.4. The van der Waals surface area contributed by atoms with Crippen molar-refractivity contribution in [2.45, 2.75) is 6.04 Å². The first-order valence-corrected chi connectivity index (χ1v) is 8.40. The fourth-order valence-corrected chi connectivity index (χ4v) is 3.29. The van der Waals surface area contributed by atoms with Crippen LogP contribution in [0.2, 0.25) is 0 Å². The highest BCUT2D eigenvalue weighted by Crippen LogP contribution is 2.39. The Labute approximate surface area is 152 Å². The van der Waals surface area contributed by atoms with Crippen molar-refractivity contribution in [1.29, 1.82) is 0 Å². The number of Topliss-reactive ketones (excluding diaryl/α,β-unsaturated/α-hetero) is 1. The van der Waals surface area contributed by atoms with Crippen molar-refractivity contribution >= 4 is 27.6 Å². The van der Waals surface area contributed by atoms with Gasteiger partial charge < -0.3 is 19.2 Å². The maximum Gasteiger partial charge on any atom is 0.290 e. The molecule has 1 unspecified atom stereocenters. The molecule has 1 aromatic carbocycles. The van der Waals surface area contributed by atoms with E-state index in [1.54, 1.807) is 12.1 Å². The third kappa shape index (κ3) is 3.25. The average Bonchev–Trinajstić information content (AvgIpc) is 3.21. The zero-order valence-corrected chi connectivity index (χ0v) is 15.0. The fourth-order valence-electron chi connectivity index (χ4n) is 2.87. The first-order valence-electron chi connectivity index (χ1n) is 7.61. The van der Waals surface area contributed by atoms with Gasteiger partial charge in [0.25, 0.3) is 5.91 Å². The number of carbonyl (C=O) groups is 2. The molecule has 2 heterocycles. The maximum absolute atomic E-state index is 12.8. The summed E-state index contributed by atoms with van der Waals surface area (Å²) in [7, 11) is 1.52. The number of hydrogen-bond donors (Lipinski definition) is 1. The lowest BCUT2D eigenvalue weighted by Gasteiger charge is -2.26. The number of rotatable bonds is 6. The van der Waals surface area contributed by atoms with Crippen LogP contribution in [0.5, 0.6) is 0 Å². The molecule has 0 saturated carbocycles. The van der Waals surface area contributed by atoms with Crippen LogP contribution < -0.4 is 0 Å². The van der Waals surface area contributed by atoms with Crippen molar-refractivity contribution in [2.75, 3.05) is 20.3 Å². The molecule has 0 saturated heterocycles. The monoisotopic (exact) mass is 405 g/mol. The number of ether oxygens (including phenoxy) is 1. The van der Waals surface area contributed by atoms with Crippen LogP contribution >= 0.6 is 15.9 Å². The number of nitrogens with zero attached hydrogens (tertiary/aromatic N) is 1. The van der Waals surface area contributed by atoms with E-state index >= 15 is 0 Å². The van der Waals surface area contributed by atoms with E-state index < -0.39 is 23.5 Å². The minimum Gasteiger partial charge on any atom is -0.503 e. The number of amides is 1. The third-order valence-electron chi connectivity index (χ3n) is 3.99. The lowest BCUT2D eigenvalue weighted by Crippen LogP contribution is -2.34. The molecule has 0 bridgehead atoms. The molecule has 0 fully saturated rings. The Morgan fingerprint density at radius 3 is 2.80 bits per heavy atom. The van der Waals surface area contributed by atoms with Crippen LogP contribution in [-0.4, -0.2) is 42.0 Å². The van der Waals surface area contributed by atoms with Gasteiger partial charge in [0.1, 0.15) is 0 Å². The Balaban J connectivity index is 2.08. The zero-order valence-electron chi connectivity index (χ0n) is 13.4. The topological polar surface area (TPSA) is 80.0 Å². The number of aliphatic hydroxyl groups is 1. The number of aliphatic hydroxyl groups excluding tert-OH is 1. The van der Waals surface area contributed by atoms with Crippen LogP contribution in [0.1, 0.15) is 22.2 Å².